The topological polar surface area (TPSA) is 34.4 Å². The summed E-state index contributed by atoms with van der Waals surface area (Å²) in [7, 11) is 1.90. The third-order valence-corrected chi connectivity index (χ3v) is 5.08. The largest absolute Gasteiger partial charge is 0.319 e. The predicted molar refractivity (Wildman–Crippen MR) is 95.7 cm³/mol. The number of nitrogens with zero attached hydrogens (tertiary/aromatic N) is 2. The van der Waals surface area contributed by atoms with E-state index < -0.39 is 0 Å². The predicted octanol–water partition coefficient (Wildman–Crippen LogP) is 4.46. The number of carbonyl (C=O) groups excluding carboxylic acids is 1. The molecule has 0 N–H and O–H groups in total. The number of hydrogen-bond acceptors (Lipinski definition) is 2. The van der Waals surface area contributed by atoms with Crippen LogP contribution in [0.5, 0.6) is 0 Å². The molecular weight excluding hydrogens is 323 g/mol. The van der Waals surface area contributed by atoms with Crippen LogP contribution in [0.3, 0.4) is 0 Å². The number of unbranched alkanes of at least 4 members (excludes halogenated alkanes) is 1. The number of fused-ring (bicyclic) bond motifs is 1. The number of thiazole rings is 1. The van der Waals surface area contributed by atoms with E-state index in [0.717, 1.165) is 16.6 Å². The van der Waals surface area contributed by atoms with Gasteiger partial charge in [-0.25, -0.2) is 4.39 Å². The maximum absolute atomic E-state index is 13.0. The fourth-order valence-corrected chi connectivity index (χ4v) is 3.65. The van der Waals surface area contributed by atoms with Gasteiger partial charge in [-0.15, -0.1) is 0 Å². The van der Waals surface area contributed by atoms with E-state index in [1.54, 1.807) is 0 Å². The Balaban J connectivity index is 1.97. The van der Waals surface area contributed by atoms with Crippen LogP contribution in [0.1, 0.15) is 35.7 Å². The highest BCUT2D eigenvalue weighted by Gasteiger charge is 2.08. The van der Waals surface area contributed by atoms with Crippen LogP contribution in [-0.2, 0) is 13.5 Å². The first-order valence-corrected chi connectivity index (χ1v) is 8.83. The van der Waals surface area contributed by atoms with Crippen molar-refractivity contribution in [3.05, 3.63) is 64.2 Å². The highest BCUT2D eigenvalue weighted by Crippen LogP contribution is 2.19. The second kappa shape index (κ2) is 7.09. The van der Waals surface area contributed by atoms with Gasteiger partial charge in [0.05, 0.1) is 10.2 Å². The normalized spacial score (nSPS) is 12.0. The van der Waals surface area contributed by atoms with Crippen LogP contribution < -0.4 is 4.80 Å². The van der Waals surface area contributed by atoms with Gasteiger partial charge in [-0.05, 0) is 54.8 Å². The molecule has 0 unspecified atom stereocenters. The Morgan fingerprint density at radius 1 is 1.21 bits per heavy atom. The van der Waals surface area contributed by atoms with Crippen LogP contribution in [0.25, 0.3) is 10.2 Å². The Kier molecular flexibility index (Phi) is 4.90. The van der Waals surface area contributed by atoms with Crippen molar-refractivity contribution in [2.75, 3.05) is 0 Å². The first-order chi connectivity index (χ1) is 11.6. The molecule has 0 fully saturated rings. The number of hydrogen-bond donors (Lipinski definition) is 0. The Bertz CT molecular complexity index is 938. The van der Waals surface area contributed by atoms with Gasteiger partial charge in [-0.3, -0.25) is 4.79 Å². The molecule has 0 radical (unpaired) electrons. The molecule has 0 saturated carbocycles. The van der Waals surface area contributed by atoms with E-state index in [4.69, 9.17) is 0 Å². The summed E-state index contributed by atoms with van der Waals surface area (Å²) >= 11 is 1.50. The lowest BCUT2D eigenvalue weighted by atomic mass is 10.1. The molecule has 1 amide bonds. The molecule has 0 aliphatic carbocycles. The van der Waals surface area contributed by atoms with Crippen LogP contribution in [0.4, 0.5) is 4.39 Å². The quantitative estimate of drug-likeness (QED) is 0.689. The minimum Gasteiger partial charge on any atom is -0.319 e. The average Bonchev–Trinajstić information content (AvgIpc) is 2.89. The Morgan fingerprint density at radius 2 is 1.96 bits per heavy atom. The van der Waals surface area contributed by atoms with Gasteiger partial charge in [0.2, 0.25) is 0 Å². The minimum atomic E-state index is -0.362. The summed E-state index contributed by atoms with van der Waals surface area (Å²) in [5, 5.41) is 0. The molecule has 124 valence electrons. The van der Waals surface area contributed by atoms with Crippen molar-refractivity contribution >= 4 is 27.5 Å². The molecule has 1 aromatic heterocycles. The van der Waals surface area contributed by atoms with Gasteiger partial charge in [-0.1, -0.05) is 30.7 Å². The number of aromatic nitrogens is 1. The number of carbonyl (C=O) groups is 1. The van der Waals surface area contributed by atoms with E-state index >= 15 is 0 Å². The van der Waals surface area contributed by atoms with Gasteiger partial charge in [-0.2, -0.15) is 4.99 Å². The summed E-state index contributed by atoms with van der Waals surface area (Å²) in [6.45, 7) is 2.18. The van der Waals surface area contributed by atoms with Gasteiger partial charge in [0.15, 0.2) is 4.80 Å². The van der Waals surface area contributed by atoms with Crippen LogP contribution in [0.15, 0.2) is 47.5 Å². The van der Waals surface area contributed by atoms with Crippen LogP contribution in [0.2, 0.25) is 0 Å². The third-order valence-electron chi connectivity index (χ3n) is 3.98. The first-order valence-electron chi connectivity index (χ1n) is 8.01. The molecule has 0 spiro atoms. The molecule has 0 aliphatic rings. The van der Waals surface area contributed by atoms with Gasteiger partial charge in [0.25, 0.3) is 5.91 Å². The summed E-state index contributed by atoms with van der Waals surface area (Å²) in [4.78, 5) is 17.1. The number of halogens is 1. The highest BCUT2D eigenvalue weighted by molar-refractivity contribution is 7.16. The van der Waals surface area contributed by atoms with E-state index in [-0.39, 0.29) is 11.7 Å². The van der Waals surface area contributed by atoms with Crippen molar-refractivity contribution in [1.29, 1.82) is 0 Å². The molecule has 0 saturated heterocycles. The Morgan fingerprint density at radius 3 is 2.67 bits per heavy atom. The molecule has 0 bridgehead atoms. The van der Waals surface area contributed by atoms with Gasteiger partial charge >= 0.3 is 0 Å². The van der Waals surface area contributed by atoms with Crippen molar-refractivity contribution < 1.29 is 9.18 Å². The van der Waals surface area contributed by atoms with Crippen LogP contribution >= 0.6 is 11.3 Å². The van der Waals surface area contributed by atoms with Crippen molar-refractivity contribution in [3.63, 3.8) is 0 Å². The second-order valence-corrected chi connectivity index (χ2v) is 6.78. The van der Waals surface area contributed by atoms with Crippen LogP contribution in [0, 0.1) is 5.82 Å². The van der Waals surface area contributed by atoms with Gasteiger partial charge < -0.3 is 4.57 Å². The molecule has 3 aromatic rings. The first kappa shape index (κ1) is 16.6. The van der Waals surface area contributed by atoms with E-state index in [1.807, 2.05) is 11.6 Å². The zero-order valence-corrected chi connectivity index (χ0v) is 14.6. The van der Waals surface area contributed by atoms with Gasteiger partial charge in [0, 0.05) is 12.6 Å². The van der Waals surface area contributed by atoms with E-state index in [0.29, 0.717) is 10.4 Å². The molecule has 0 atom stereocenters. The Labute approximate surface area is 144 Å². The summed E-state index contributed by atoms with van der Waals surface area (Å²) in [6.07, 6.45) is 3.40. The van der Waals surface area contributed by atoms with Crippen molar-refractivity contribution in [2.45, 2.75) is 26.2 Å². The lowest BCUT2D eigenvalue weighted by Gasteiger charge is -2.00. The summed E-state index contributed by atoms with van der Waals surface area (Å²) in [6, 6.07) is 11.8. The zero-order chi connectivity index (χ0) is 17.1. The SMILES string of the molecule is CCCCc1ccc2c(c1)sc(=NC(=O)c1ccc(F)cc1)n2C. The van der Waals surface area contributed by atoms with E-state index in [2.05, 4.69) is 30.1 Å². The number of aryl methyl sites for hydroxylation is 2. The zero-order valence-electron chi connectivity index (χ0n) is 13.8. The molecule has 24 heavy (non-hydrogen) atoms. The molecule has 1 heterocycles. The molecule has 2 aromatic carbocycles. The summed E-state index contributed by atoms with van der Waals surface area (Å²) in [5.41, 5.74) is 2.76. The van der Waals surface area contributed by atoms with Crippen molar-refractivity contribution in [1.82, 2.24) is 4.57 Å². The van der Waals surface area contributed by atoms with Crippen LogP contribution in [-0.4, -0.2) is 10.5 Å². The molecule has 3 rings (SSSR count). The van der Waals surface area contributed by atoms with E-state index in [9.17, 15) is 9.18 Å². The fourth-order valence-electron chi connectivity index (χ4n) is 2.57. The van der Waals surface area contributed by atoms with Crippen molar-refractivity contribution in [3.8, 4) is 0 Å². The lowest BCUT2D eigenvalue weighted by molar-refractivity contribution is 0.0998. The van der Waals surface area contributed by atoms with Crippen molar-refractivity contribution in [2.24, 2.45) is 12.0 Å². The van der Waals surface area contributed by atoms with Gasteiger partial charge in [0.1, 0.15) is 5.82 Å². The number of benzene rings is 2. The smallest absolute Gasteiger partial charge is 0.279 e. The third kappa shape index (κ3) is 3.46. The average molecular weight is 342 g/mol. The fraction of sp³-hybridized carbons (Fsp3) is 0.263. The maximum Gasteiger partial charge on any atom is 0.279 e. The highest BCUT2D eigenvalue weighted by atomic mass is 32.1. The Hall–Kier alpha value is -2.27. The molecule has 0 aliphatic heterocycles. The molecule has 5 heteroatoms. The summed E-state index contributed by atoms with van der Waals surface area (Å²) < 4.78 is 16.0. The molecule has 3 nitrogen and oxygen atoms in total. The summed E-state index contributed by atoms with van der Waals surface area (Å²) in [5.74, 6) is -0.720. The standard InChI is InChI=1S/C19H19FN2OS/c1-3-4-5-13-6-11-16-17(12-13)24-19(22(16)2)21-18(23)14-7-9-15(20)10-8-14/h6-12H,3-5H2,1-2H3. The number of amides is 1. The molecular formula is C19H19FN2OS. The number of rotatable bonds is 4. The second-order valence-electron chi connectivity index (χ2n) is 5.77. The lowest BCUT2D eigenvalue weighted by Crippen LogP contribution is -2.13. The van der Waals surface area contributed by atoms with E-state index in [1.165, 1.54) is 54.0 Å². The monoisotopic (exact) mass is 342 g/mol. The minimum absolute atomic E-state index is 0.358. The maximum atomic E-state index is 13.0.